The maximum absolute atomic E-state index is 12.1. The van der Waals surface area contributed by atoms with Crippen LogP contribution in [-0.4, -0.2) is 26.2 Å². The van der Waals surface area contributed by atoms with Gasteiger partial charge in [0.05, 0.1) is 12.0 Å². The summed E-state index contributed by atoms with van der Waals surface area (Å²) in [7, 11) is 0. The highest BCUT2D eigenvalue weighted by Gasteiger charge is 2.14. The molecule has 1 amide bonds. The van der Waals surface area contributed by atoms with Crippen LogP contribution in [0.4, 0.5) is 5.69 Å². The number of aromatic nitrogens is 4. The van der Waals surface area contributed by atoms with E-state index >= 15 is 0 Å². The van der Waals surface area contributed by atoms with Crippen molar-refractivity contribution in [3.05, 3.63) is 58.8 Å². The summed E-state index contributed by atoms with van der Waals surface area (Å²) in [6.07, 6.45) is 2.12. The van der Waals surface area contributed by atoms with Gasteiger partial charge in [0.1, 0.15) is 0 Å². The maximum Gasteiger partial charge on any atom is 0.284 e. The van der Waals surface area contributed by atoms with E-state index < -0.39 is 0 Å². The van der Waals surface area contributed by atoms with Gasteiger partial charge in [0.25, 0.3) is 11.1 Å². The molecular formula is C18H14BrN5O4S. The maximum atomic E-state index is 12.1. The first-order chi connectivity index (χ1) is 14.2. The van der Waals surface area contributed by atoms with Gasteiger partial charge in [-0.3, -0.25) is 4.79 Å². The van der Waals surface area contributed by atoms with Crippen LogP contribution >= 0.6 is 27.7 Å². The van der Waals surface area contributed by atoms with Crippen LogP contribution in [0.5, 0.6) is 0 Å². The van der Waals surface area contributed by atoms with E-state index in [1.807, 2.05) is 24.3 Å². The minimum absolute atomic E-state index is 0.131. The standard InChI is InChI=1S/C18H14BrN5O4S/c19-11-3-1-4-12(9-11)20-15(25)6-7-16-21-14(24-28-16)10-29-18-23-22-17(27-18)13-5-2-8-26-13/h1-5,8-9H,6-7,10H2,(H,20,25). The van der Waals surface area contributed by atoms with Gasteiger partial charge in [-0.1, -0.05) is 38.9 Å². The van der Waals surface area contributed by atoms with Crippen LogP contribution in [0.15, 0.2) is 65.7 Å². The third-order valence-corrected chi connectivity index (χ3v) is 4.96. The fraction of sp³-hybridized carbons (Fsp3) is 0.167. The van der Waals surface area contributed by atoms with E-state index in [0.29, 0.717) is 40.8 Å². The summed E-state index contributed by atoms with van der Waals surface area (Å²) in [5, 5.41) is 15.0. The van der Waals surface area contributed by atoms with Crippen molar-refractivity contribution in [1.29, 1.82) is 0 Å². The Kier molecular flexibility index (Phi) is 6.06. The van der Waals surface area contributed by atoms with Crippen LogP contribution in [0.25, 0.3) is 11.7 Å². The highest BCUT2D eigenvalue weighted by Crippen LogP contribution is 2.25. The number of carbonyl (C=O) groups is 1. The third-order valence-electron chi connectivity index (χ3n) is 3.65. The Morgan fingerprint density at radius 2 is 2.14 bits per heavy atom. The molecule has 148 valence electrons. The summed E-state index contributed by atoms with van der Waals surface area (Å²) < 4.78 is 16.8. The second-order valence-corrected chi connectivity index (χ2v) is 7.64. The number of halogens is 1. The second kappa shape index (κ2) is 9.05. The molecular weight excluding hydrogens is 462 g/mol. The zero-order valence-electron chi connectivity index (χ0n) is 14.9. The second-order valence-electron chi connectivity index (χ2n) is 5.80. The van der Waals surface area contributed by atoms with Crippen LogP contribution in [-0.2, 0) is 17.0 Å². The summed E-state index contributed by atoms with van der Waals surface area (Å²) in [5.41, 5.74) is 0.723. The molecule has 0 spiro atoms. The number of furan rings is 1. The number of thioether (sulfide) groups is 1. The van der Waals surface area contributed by atoms with Gasteiger partial charge in [0.2, 0.25) is 11.8 Å². The molecule has 4 rings (SSSR count). The van der Waals surface area contributed by atoms with E-state index in [0.717, 1.165) is 10.2 Å². The predicted octanol–water partition coefficient (Wildman–Crippen LogP) is 4.34. The minimum Gasteiger partial charge on any atom is -0.459 e. The molecule has 0 aliphatic heterocycles. The van der Waals surface area contributed by atoms with E-state index in [4.69, 9.17) is 13.4 Å². The van der Waals surface area contributed by atoms with Crippen molar-refractivity contribution in [2.24, 2.45) is 0 Å². The molecule has 0 atom stereocenters. The number of rotatable bonds is 8. The topological polar surface area (TPSA) is 120 Å². The van der Waals surface area contributed by atoms with Gasteiger partial charge in [-0.25, -0.2) is 0 Å². The fourth-order valence-corrected chi connectivity index (χ4v) is 3.36. The van der Waals surface area contributed by atoms with E-state index in [9.17, 15) is 4.79 Å². The van der Waals surface area contributed by atoms with Crippen LogP contribution in [0.2, 0.25) is 0 Å². The first-order valence-corrected chi connectivity index (χ1v) is 10.3. The molecule has 1 N–H and O–H groups in total. The van der Waals surface area contributed by atoms with Crippen molar-refractivity contribution in [3.63, 3.8) is 0 Å². The van der Waals surface area contributed by atoms with Gasteiger partial charge < -0.3 is 18.7 Å². The van der Waals surface area contributed by atoms with Crippen molar-refractivity contribution in [1.82, 2.24) is 20.3 Å². The molecule has 3 aromatic heterocycles. The molecule has 0 bridgehead atoms. The molecule has 4 aromatic rings. The number of nitrogens with zero attached hydrogens (tertiary/aromatic N) is 4. The van der Waals surface area contributed by atoms with Crippen LogP contribution in [0.1, 0.15) is 18.1 Å². The first kappa shape index (κ1) is 19.4. The van der Waals surface area contributed by atoms with Crippen molar-refractivity contribution in [3.8, 4) is 11.7 Å². The number of hydrogen-bond donors (Lipinski definition) is 1. The molecule has 0 fully saturated rings. The summed E-state index contributed by atoms with van der Waals surface area (Å²) in [5.74, 6) is 1.96. The molecule has 0 aliphatic carbocycles. The average molecular weight is 476 g/mol. The zero-order valence-corrected chi connectivity index (χ0v) is 17.3. The highest BCUT2D eigenvalue weighted by molar-refractivity contribution is 9.10. The Bertz CT molecular complexity index is 1100. The van der Waals surface area contributed by atoms with E-state index in [2.05, 4.69) is 41.6 Å². The highest BCUT2D eigenvalue weighted by atomic mass is 79.9. The summed E-state index contributed by atoms with van der Waals surface area (Å²) in [6.45, 7) is 0. The van der Waals surface area contributed by atoms with E-state index in [-0.39, 0.29) is 12.3 Å². The quantitative estimate of drug-likeness (QED) is 0.370. The molecule has 0 radical (unpaired) electrons. The predicted molar refractivity (Wildman–Crippen MR) is 107 cm³/mol. The molecule has 29 heavy (non-hydrogen) atoms. The molecule has 9 nitrogen and oxygen atoms in total. The number of nitrogens with one attached hydrogen (secondary N) is 1. The van der Waals surface area contributed by atoms with E-state index in [1.54, 1.807) is 12.1 Å². The molecule has 3 heterocycles. The number of hydrogen-bond acceptors (Lipinski definition) is 9. The van der Waals surface area contributed by atoms with Gasteiger partial charge in [-0.05, 0) is 30.3 Å². The smallest absolute Gasteiger partial charge is 0.284 e. The first-order valence-electron chi connectivity index (χ1n) is 8.53. The normalized spacial score (nSPS) is 10.9. The summed E-state index contributed by atoms with van der Waals surface area (Å²) >= 11 is 4.65. The molecule has 1 aromatic carbocycles. The molecule has 0 saturated carbocycles. The van der Waals surface area contributed by atoms with Crippen molar-refractivity contribution in [2.45, 2.75) is 23.8 Å². The Balaban J connectivity index is 1.25. The number of carbonyl (C=O) groups excluding carboxylic acids is 1. The van der Waals surface area contributed by atoms with Crippen molar-refractivity contribution >= 4 is 39.3 Å². The van der Waals surface area contributed by atoms with Gasteiger partial charge in [0, 0.05) is 23.0 Å². The lowest BCUT2D eigenvalue weighted by Gasteiger charge is -2.04. The third kappa shape index (κ3) is 5.33. The fourth-order valence-electron chi connectivity index (χ4n) is 2.35. The molecule has 11 heteroatoms. The van der Waals surface area contributed by atoms with E-state index in [1.165, 1.54) is 18.0 Å². The summed E-state index contributed by atoms with van der Waals surface area (Å²) in [6, 6.07) is 10.9. The summed E-state index contributed by atoms with van der Waals surface area (Å²) in [4.78, 5) is 16.3. The van der Waals surface area contributed by atoms with Crippen molar-refractivity contribution in [2.75, 3.05) is 5.32 Å². The SMILES string of the molecule is O=C(CCc1nc(CSc2nnc(-c3ccco3)o2)no1)Nc1cccc(Br)c1. The molecule has 0 saturated heterocycles. The molecule has 0 aliphatic rings. The lowest BCUT2D eigenvalue weighted by atomic mass is 10.2. The number of benzene rings is 1. The average Bonchev–Trinajstić information content (AvgIpc) is 3.46. The Morgan fingerprint density at radius 1 is 1.21 bits per heavy atom. The molecule has 0 unspecified atom stereocenters. The zero-order chi connectivity index (χ0) is 20.1. The Morgan fingerprint density at radius 3 is 2.97 bits per heavy atom. The monoisotopic (exact) mass is 475 g/mol. The number of anilines is 1. The Labute approximate surface area is 177 Å². The van der Waals surface area contributed by atoms with Crippen LogP contribution < -0.4 is 5.32 Å². The van der Waals surface area contributed by atoms with Gasteiger partial charge in [-0.15, -0.1) is 10.2 Å². The minimum atomic E-state index is -0.131. The lowest BCUT2D eigenvalue weighted by Crippen LogP contribution is -2.12. The van der Waals surface area contributed by atoms with Gasteiger partial charge >= 0.3 is 0 Å². The van der Waals surface area contributed by atoms with Gasteiger partial charge in [0.15, 0.2) is 11.6 Å². The van der Waals surface area contributed by atoms with Gasteiger partial charge in [-0.2, -0.15) is 4.98 Å². The number of amides is 1. The Hall–Kier alpha value is -2.92. The van der Waals surface area contributed by atoms with Crippen LogP contribution in [0, 0.1) is 0 Å². The van der Waals surface area contributed by atoms with Crippen molar-refractivity contribution < 1.29 is 18.2 Å². The largest absolute Gasteiger partial charge is 0.459 e. The number of aryl methyl sites for hydroxylation is 1. The van der Waals surface area contributed by atoms with Crippen LogP contribution in [0.3, 0.4) is 0 Å². The lowest BCUT2D eigenvalue weighted by molar-refractivity contribution is -0.116.